The van der Waals surface area contributed by atoms with E-state index in [1.165, 1.54) is 18.2 Å². The zero-order chi connectivity index (χ0) is 23.3. The fourth-order valence-corrected chi connectivity index (χ4v) is 4.98. The number of fused-ring (bicyclic) bond motifs is 1. The van der Waals surface area contributed by atoms with Gasteiger partial charge >= 0.3 is 0 Å². The maximum atomic E-state index is 14.5. The van der Waals surface area contributed by atoms with Crippen LogP contribution in [0.25, 0.3) is 22.2 Å². The fraction of sp³-hybridized carbons (Fsp3) is 0.360. The number of amides is 2. The molecule has 2 fully saturated rings. The van der Waals surface area contributed by atoms with Crippen LogP contribution in [-0.2, 0) is 16.0 Å². The van der Waals surface area contributed by atoms with Crippen molar-refractivity contribution >= 4 is 22.7 Å². The molecule has 2 aliphatic rings. The van der Waals surface area contributed by atoms with Crippen LogP contribution in [0, 0.1) is 29.3 Å². The van der Waals surface area contributed by atoms with Crippen molar-refractivity contribution in [3.8, 4) is 11.3 Å². The topological polar surface area (TPSA) is 74.0 Å². The molecule has 3 N–H and O–H groups in total. The minimum Gasteiger partial charge on any atom is -0.354 e. The molecule has 1 aliphatic heterocycles. The van der Waals surface area contributed by atoms with Crippen LogP contribution in [-0.4, -0.2) is 28.9 Å². The van der Waals surface area contributed by atoms with Crippen molar-refractivity contribution in [1.82, 2.24) is 15.6 Å². The van der Waals surface area contributed by atoms with Gasteiger partial charge in [0.15, 0.2) is 0 Å². The first-order valence-corrected chi connectivity index (χ1v) is 11.1. The molecule has 8 heteroatoms. The van der Waals surface area contributed by atoms with Crippen molar-refractivity contribution in [3.05, 3.63) is 59.4 Å². The Balaban J connectivity index is 1.37. The number of rotatable bonds is 5. The lowest BCUT2D eigenvalue weighted by Crippen LogP contribution is -2.54. The molecule has 2 aromatic carbocycles. The summed E-state index contributed by atoms with van der Waals surface area (Å²) in [4.78, 5) is 27.7. The molecule has 0 bridgehead atoms. The highest BCUT2D eigenvalue weighted by Gasteiger charge is 2.43. The Morgan fingerprint density at radius 3 is 2.52 bits per heavy atom. The fourth-order valence-electron chi connectivity index (χ4n) is 4.98. The van der Waals surface area contributed by atoms with Gasteiger partial charge in [-0.15, -0.1) is 0 Å². The number of carbonyl (C=O) groups is 2. The van der Waals surface area contributed by atoms with E-state index < -0.39 is 17.2 Å². The maximum absolute atomic E-state index is 14.5. The highest BCUT2D eigenvalue weighted by Crippen LogP contribution is 2.41. The van der Waals surface area contributed by atoms with Crippen LogP contribution < -0.4 is 10.6 Å². The number of aromatic amines is 1. The van der Waals surface area contributed by atoms with Crippen LogP contribution in [0.15, 0.2) is 36.4 Å². The maximum Gasteiger partial charge on any atom is 0.245 e. The molecule has 1 aromatic heterocycles. The lowest BCUT2D eigenvalue weighted by Gasteiger charge is -2.36. The molecule has 1 saturated carbocycles. The van der Waals surface area contributed by atoms with Gasteiger partial charge in [0.25, 0.3) is 0 Å². The average Bonchev–Trinajstić information content (AvgIpc) is 3.25. The second-order valence-corrected chi connectivity index (χ2v) is 9.36. The second kappa shape index (κ2) is 7.93. The third-order valence-corrected chi connectivity index (χ3v) is 6.97. The van der Waals surface area contributed by atoms with Gasteiger partial charge in [-0.25, -0.2) is 13.2 Å². The smallest absolute Gasteiger partial charge is 0.245 e. The van der Waals surface area contributed by atoms with Crippen molar-refractivity contribution in [2.24, 2.45) is 11.8 Å². The van der Waals surface area contributed by atoms with Crippen LogP contribution in [0.2, 0.25) is 0 Å². The third-order valence-electron chi connectivity index (χ3n) is 6.97. The first kappa shape index (κ1) is 21.6. The van der Waals surface area contributed by atoms with Crippen LogP contribution in [0.5, 0.6) is 0 Å². The number of halogens is 3. The Morgan fingerprint density at radius 1 is 1.12 bits per heavy atom. The normalized spacial score (nSPS) is 24.5. The quantitative estimate of drug-likeness (QED) is 0.539. The Kier molecular flexibility index (Phi) is 5.18. The van der Waals surface area contributed by atoms with E-state index in [1.54, 1.807) is 19.1 Å². The van der Waals surface area contributed by atoms with Crippen LogP contribution >= 0.6 is 0 Å². The largest absolute Gasteiger partial charge is 0.354 e. The number of hydrogen-bond donors (Lipinski definition) is 3. The van der Waals surface area contributed by atoms with Crippen molar-refractivity contribution in [2.75, 3.05) is 6.54 Å². The predicted molar refractivity (Wildman–Crippen MR) is 118 cm³/mol. The molecule has 2 heterocycles. The first-order chi connectivity index (χ1) is 15.7. The molecule has 1 unspecified atom stereocenters. The minimum absolute atomic E-state index is 0.138. The lowest BCUT2D eigenvalue weighted by atomic mass is 9.71. The van der Waals surface area contributed by atoms with E-state index in [2.05, 4.69) is 15.6 Å². The van der Waals surface area contributed by atoms with Gasteiger partial charge in [0, 0.05) is 29.6 Å². The number of carbonyl (C=O) groups excluding carboxylic acids is 2. The minimum atomic E-state index is -0.871. The molecule has 172 valence electrons. The van der Waals surface area contributed by atoms with Gasteiger partial charge in [-0.1, -0.05) is 0 Å². The van der Waals surface area contributed by atoms with E-state index in [1.807, 2.05) is 0 Å². The molecule has 2 amide bonds. The monoisotopic (exact) mass is 455 g/mol. The zero-order valence-corrected chi connectivity index (χ0v) is 18.1. The number of nitrogens with one attached hydrogen (secondary N) is 3. The van der Waals surface area contributed by atoms with Gasteiger partial charge in [-0.3, -0.25) is 9.59 Å². The van der Waals surface area contributed by atoms with Crippen molar-refractivity contribution in [1.29, 1.82) is 0 Å². The van der Waals surface area contributed by atoms with E-state index in [0.717, 1.165) is 11.6 Å². The lowest BCUT2D eigenvalue weighted by molar-refractivity contribution is -0.135. The summed E-state index contributed by atoms with van der Waals surface area (Å²) in [5.74, 6) is -2.10. The van der Waals surface area contributed by atoms with E-state index in [0.29, 0.717) is 48.9 Å². The van der Waals surface area contributed by atoms with Gasteiger partial charge in [0.2, 0.25) is 11.8 Å². The Hall–Kier alpha value is -3.29. The zero-order valence-electron chi connectivity index (χ0n) is 18.1. The molecule has 3 aromatic rings. The summed E-state index contributed by atoms with van der Waals surface area (Å²) < 4.78 is 41.9. The van der Waals surface area contributed by atoms with Gasteiger partial charge in [0.05, 0.1) is 5.52 Å². The van der Waals surface area contributed by atoms with E-state index >= 15 is 0 Å². The van der Waals surface area contributed by atoms with Gasteiger partial charge in [0.1, 0.15) is 23.0 Å². The first-order valence-electron chi connectivity index (χ1n) is 11.1. The summed E-state index contributed by atoms with van der Waals surface area (Å²) in [5, 5.41) is 6.07. The Morgan fingerprint density at radius 2 is 1.85 bits per heavy atom. The highest BCUT2D eigenvalue weighted by atomic mass is 19.1. The van der Waals surface area contributed by atoms with E-state index in [4.69, 9.17) is 0 Å². The van der Waals surface area contributed by atoms with Gasteiger partial charge < -0.3 is 15.6 Å². The number of hydrogen-bond acceptors (Lipinski definition) is 2. The summed E-state index contributed by atoms with van der Waals surface area (Å²) in [6.07, 6.45) is 2.33. The second-order valence-electron chi connectivity index (χ2n) is 9.36. The molecule has 1 saturated heterocycles. The highest BCUT2D eigenvalue weighted by molar-refractivity contribution is 5.94. The molecule has 0 spiro atoms. The van der Waals surface area contributed by atoms with E-state index in [9.17, 15) is 22.8 Å². The van der Waals surface area contributed by atoms with Crippen LogP contribution in [0.1, 0.15) is 31.7 Å². The van der Waals surface area contributed by atoms with E-state index in [-0.39, 0.29) is 35.0 Å². The Bertz CT molecular complexity index is 1250. The molecular weight excluding hydrogens is 431 g/mol. The number of aromatic nitrogens is 1. The predicted octanol–water partition coefficient (Wildman–Crippen LogP) is 4.22. The van der Waals surface area contributed by atoms with Crippen molar-refractivity contribution < 1.29 is 22.8 Å². The summed E-state index contributed by atoms with van der Waals surface area (Å²) in [7, 11) is 0. The standard InChI is InChI=1S/C25H24F3N3O2/c1-25(6-7-29-24(25)33)31-23(32)15-8-13(9-15)10-18-19-11-17(27)12-20(28)22(19)30-21(18)14-2-4-16(26)5-3-14/h2-5,11-13,15,30H,6-10H2,1H3,(H,29,33)(H,31,32). The number of H-pyrrole nitrogens is 1. The molecule has 5 rings (SSSR count). The molecule has 1 atom stereocenters. The van der Waals surface area contributed by atoms with Crippen molar-refractivity contribution in [2.45, 2.75) is 38.1 Å². The molecular formula is C25H24F3N3O2. The van der Waals surface area contributed by atoms with Crippen LogP contribution in [0.4, 0.5) is 13.2 Å². The molecule has 5 nitrogen and oxygen atoms in total. The molecule has 0 radical (unpaired) electrons. The van der Waals surface area contributed by atoms with Crippen molar-refractivity contribution in [3.63, 3.8) is 0 Å². The average molecular weight is 455 g/mol. The Labute approximate surface area is 188 Å². The summed E-state index contributed by atoms with van der Waals surface area (Å²) >= 11 is 0. The molecule has 33 heavy (non-hydrogen) atoms. The van der Waals surface area contributed by atoms with Gasteiger partial charge in [-0.2, -0.15) is 0 Å². The van der Waals surface area contributed by atoms with Crippen LogP contribution in [0.3, 0.4) is 0 Å². The summed E-state index contributed by atoms with van der Waals surface area (Å²) in [6, 6.07) is 7.99. The molecule has 1 aliphatic carbocycles. The summed E-state index contributed by atoms with van der Waals surface area (Å²) in [6.45, 7) is 2.27. The SMILES string of the molecule is CC1(NC(=O)C2CC(Cc3c(-c4ccc(F)cc4)[nH]c4c(F)cc(F)cc34)C2)CCNC1=O. The third kappa shape index (κ3) is 3.87. The van der Waals surface area contributed by atoms with Gasteiger partial charge in [-0.05, 0) is 80.0 Å². The summed E-state index contributed by atoms with van der Waals surface area (Å²) in [5.41, 5.74) is 1.39. The number of benzene rings is 2.